The quantitative estimate of drug-likeness (QED) is 0.611. The lowest BCUT2D eigenvalue weighted by atomic mass is 9.93. The van der Waals surface area contributed by atoms with E-state index in [2.05, 4.69) is 5.10 Å². The monoisotopic (exact) mass is 473 g/mol. The zero-order chi connectivity index (χ0) is 24.0. The van der Waals surface area contributed by atoms with Gasteiger partial charge in [0.2, 0.25) is 5.88 Å². The lowest BCUT2D eigenvalue weighted by molar-refractivity contribution is -0.141. The molecule has 1 saturated carbocycles. The summed E-state index contributed by atoms with van der Waals surface area (Å²) in [5.74, 6) is 0.137. The van der Waals surface area contributed by atoms with Crippen LogP contribution in [0.2, 0.25) is 0 Å². The molecule has 4 rings (SSSR count). The molecule has 3 fully saturated rings. The van der Waals surface area contributed by atoms with Crippen LogP contribution in [0.25, 0.3) is 0 Å². The molecule has 3 aliphatic rings. The van der Waals surface area contributed by atoms with Gasteiger partial charge in [-0.2, -0.15) is 18.3 Å². The van der Waals surface area contributed by atoms with E-state index < -0.39 is 17.5 Å². The maximum atomic E-state index is 12.9. The summed E-state index contributed by atoms with van der Waals surface area (Å²) in [4.78, 5) is 14.5. The summed E-state index contributed by atoms with van der Waals surface area (Å²) in [5, 5.41) is 3.50. The maximum absolute atomic E-state index is 12.9. The molecule has 2 aliphatic heterocycles. The topological polar surface area (TPSA) is 65.8 Å². The molecule has 2 saturated heterocycles. The number of aromatic nitrogens is 2. The molecule has 0 aromatic carbocycles. The molecular weight excluding hydrogens is 439 g/mol. The molecule has 2 unspecified atom stereocenters. The standard InChI is InChI=1S/C23H34F3N3O4/c1-22(2,3)33-21(30)29-14-5-6-15(29)12-18(11-14)31-16-7-9-17(10-8-16)32-20-13-19(23(24,25)26)27-28(20)4/h13-18H,5-12H2,1-4H3. The van der Waals surface area contributed by atoms with E-state index in [0.717, 1.165) is 62.1 Å². The highest BCUT2D eigenvalue weighted by Gasteiger charge is 2.46. The first-order valence-corrected chi connectivity index (χ1v) is 11.8. The summed E-state index contributed by atoms with van der Waals surface area (Å²) in [6, 6.07) is 1.28. The predicted octanol–water partition coefficient (Wildman–Crippen LogP) is 5.08. The highest BCUT2D eigenvalue weighted by atomic mass is 19.4. The van der Waals surface area contributed by atoms with Crippen molar-refractivity contribution < 1.29 is 32.2 Å². The van der Waals surface area contributed by atoms with Gasteiger partial charge in [-0.1, -0.05) is 0 Å². The number of ether oxygens (including phenoxy) is 3. The second kappa shape index (κ2) is 9.00. The molecule has 1 amide bonds. The van der Waals surface area contributed by atoms with Gasteiger partial charge in [-0.25, -0.2) is 9.48 Å². The Kier molecular flexibility index (Phi) is 6.59. The first-order chi connectivity index (χ1) is 15.4. The minimum absolute atomic E-state index is 0.111. The van der Waals surface area contributed by atoms with Crippen LogP contribution < -0.4 is 4.74 Å². The Morgan fingerprint density at radius 1 is 0.970 bits per heavy atom. The zero-order valence-corrected chi connectivity index (χ0v) is 19.7. The summed E-state index contributed by atoms with van der Waals surface area (Å²) in [6.45, 7) is 5.64. The van der Waals surface area contributed by atoms with E-state index in [9.17, 15) is 18.0 Å². The number of alkyl halides is 3. The van der Waals surface area contributed by atoms with E-state index in [0.29, 0.717) is 0 Å². The van der Waals surface area contributed by atoms with Crippen molar-refractivity contribution in [3.05, 3.63) is 11.8 Å². The maximum Gasteiger partial charge on any atom is 0.435 e. The number of amides is 1. The first-order valence-electron chi connectivity index (χ1n) is 11.8. The molecule has 1 aromatic heterocycles. The van der Waals surface area contributed by atoms with Crippen molar-refractivity contribution >= 4 is 6.09 Å². The number of hydrogen-bond acceptors (Lipinski definition) is 5. The normalized spacial score (nSPS) is 30.4. The highest BCUT2D eigenvalue weighted by molar-refractivity contribution is 5.69. The minimum atomic E-state index is -4.48. The van der Waals surface area contributed by atoms with Crippen LogP contribution in [0, 0.1) is 0 Å². The van der Waals surface area contributed by atoms with Gasteiger partial charge in [0.1, 0.15) is 11.7 Å². The molecule has 1 aromatic rings. The van der Waals surface area contributed by atoms with Crippen LogP contribution in [0.15, 0.2) is 6.07 Å². The number of carbonyl (C=O) groups is 1. The van der Waals surface area contributed by atoms with Gasteiger partial charge in [0, 0.05) is 25.2 Å². The molecule has 0 radical (unpaired) electrons. The molecule has 0 N–H and O–H groups in total. The first kappa shape index (κ1) is 24.2. The van der Waals surface area contributed by atoms with Gasteiger partial charge in [-0.05, 0) is 72.1 Å². The van der Waals surface area contributed by atoms with Crippen molar-refractivity contribution in [2.24, 2.45) is 7.05 Å². The Bertz CT molecular complexity index is 829. The van der Waals surface area contributed by atoms with Gasteiger partial charge < -0.3 is 19.1 Å². The van der Waals surface area contributed by atoms with Crippen molar-refractivity contribution in [2.75, 3.05) is 0 Å². The minimum Gasteiger partial charge on any atom is -0.475 e. The third-order valence-corrected chi connectivity index (χ3v) is 6.72. The van der Waals surface area contributed by atoms with Crippen LogP contribution in [-0.2, 0) is 22.7 Å². The average Bonchev–Trinajstić information content (AvgIpc) is 3.19. The molecule has 7 nitrogen and oxygen atoms in total. The molecule has 10 heteroatoms. The van der Waals surface area contributed by atoms with Crippen molar-refractivity contribution in [3.63, 3.8) is 0 Å². The Balaban J connectivity index is 1.24. The number of piperidine rings is 1. The fraction of sp³-hybridized carbons (Fsp3) is 0.826. The second-order valence-corrected chi connectivity index (χ2v) is 10.5. The Morgan fingerprint density at radius 2 is 1.55 bits per heavy atom. The van der Waals surface area contributed by atoms with Crippen LogP contribution in [0.1, 0.15) is 77.8 Å². The van der Waals surface area contributed by atoms with Gasteiger partial charge in [0.05, 0.1) is 12.2 Å². The summed E-state index contributed by atoms with van der Waals surface area (Å²) in [5.41, 5.74) is -1.45. The SMILES string of the molecule is Cn1nc(C(F)(F)F)cc1OC1CCC(OC2CC3CCC(C2)N3C(=O)OC(C)(C)C)CC1. The number of fused-ring (bicyclic) bond motifs is 2. The molecule has 33 heavy (non-hydrogen) atoms. The van der Waals surface area contributed by atoms with E-state index in [-0.39, 0.29) is 42.4 Å². The average molecular weight is 474 g/mol. The predicted molar refractivity (Wildman–Crippen MR) is 114 cm³/mol. The molecule has 3 heterocycles. The van der Waals surface area contributed by atoms with E-state index in [1.807, 2.05) is 25.7 Å². The highest BCUT2D eigenvalue weighted by Crippen LogP contribution is 2.39. The van der Waals surface area contributed by atoms with Crippen LogP contribution in [-0.4, -0.2) is 56.8 Å². The number of nitrogens with zero attached hydrogens (tertiary/aromatic N) is 3. The second-order valence-electron chi connectivity index (χ2n) is 10.5. The van der Waals surface area contributed by atoms with Crippen molar-refractivity contribution in [1.29, 1.82) is 0 Å². The Labute approximate surface area is 192 Å². The van der Waals surface area contributed by atoms with Crippen molar-refractivity contribution in [1.82, 2.24) is 14.7 Å². The van der Waals surface area contributed by atoms with Crippen molar-refractivity contribution in [3.8, 4) is 5.88 Å². The van der Waals surface area contributed by atoms with E-state index in [1.54, 1.807) is 0 Å². The fourth-order valence-electron chi connectivity index (χ4n) is 5.28. The smallest absolute Gasteiger partial charge is 0.435 e. The molecule has 186 valence electrons. The molecule has 2 bridgehead atoms. The summed E-state index contributed by atoms with van der Waals surface area (Å²) >= 11 is 0. The van der Waals surface area contributed by atoms with Gasteiger partial charge >= 0.3 is 12.3 Å². The molecular formula is C23H34F3N3O4. The molecule has 0 spiro atoms. The van der Waals surface area contributed by atoms with E-state index >= 15 is 0 Å². The van der Waals surface area contributed by atoms with Crippen LogP contribution in [0.4, 0.5) is 18.0 Å². The Morgan fingerprint density at radius 3 is 2.06 bits per heavy atom. The third-order valence-electron chi connectivity index (χ3n) is 6.72. The number of halogens is 3. The van der Waals surface area contributed by atoms with Crippen molar-refractivity contribution in [2.45, 2.75) is 114 Å². The summed E-state index contributed by atoms with van der Waals surface area (Å²) in [7, 11) is 1.46. The number of aryl methyl sites for hydroxylation is 1. The van der Waals surface area contributed by atoms with Gasteiger partial charge in [-0.3, -0.25) is 0 Å². The van der Waals surface area contributed by atoms with Crippen LogP contribution >= 0.6 is 0 Å². The summed E-state index contributed by atoms with van der Waals surface area (Å²) < 4.78 is 57.5. The number of hydrogen-bond donors (Lipinski definition) is 0. The largest absolute Gasteiger partial charge is 0.475 e. The number of rotatable bonds is 4. The van der Waals surface area contributed by atoms with Crippen LogP contribution in [0.5, 0.6) is 5.88 Å². The fourth-order valence-corrected chi connectivity index (χ4v) is 5.28. The zero-order valence-electron chi connectivity index (χ0n) is 19.7. The summed E-state index contributed by atoms with van der Waals surface area (Å²) in [6.07, 6.45) is 2.03. The van der Waals surface area contributed by atoms with Gasteiger partial charge in [0.25, 0.3) is 0 Å². The third kappa shape index (κ3) is 5.75. The Hall–Kier alpha value is -1.97. The number of carbonyl (C=O) groups excluding carboxylic acids is 1. The lowest BCUT2D eigenvalue weighted by Gasteiger charge is -2.41. The van der Waals surface area contributed by atoms with E-state index in [1.165, 1.54) is 7.05 Å². The van der Waals surface area contributed by atoms with Crippen LogP contribution in [0.3, 0.4) is 0 Å². The van der Waals surface area contributed by atoms with Gasteiger partial charge in [-0.15, -0.1) is 0 Å². The molecule has 1 aliphatic carbocycles. The molecule has 2 atom stereocenters. The lowest BCUT2D eigenvalue weighted by Crippen LogP contribution is -2.50. The van der Waals surface area contributed by atoms with Gasteiger partial charge in [0.15, 0.2) is 5.69 Å². The van der Waals surface area contributed by atoms with E-state index in [4.69, 9.17) is 14.2 Å².